The molecule has 0 N–H and O–H groups in total. The normalized spacial score (nSPS) is 15.5. The van der Waals surface area contributed by atoms with E-state index in [-0.39, 0.29) is 3.99 Å². The van der Waals surface area contributed by atoms with E-state index < -0.39 is 16.9 Å². The summed E-state index contributed by atoms with van der Waals surface area (Å²) in [6.07, 6.45) is 3.89. The second kappa shape index (κ2) is 12.1. The second-order valence-electron chi connectivity index (χ2n) is 6.66. The summed E-state index contributed by atoms with van der Waals surface area (Å²) in [6.45, 7) is 17.8. The van der Waals surface area contributed by atoms with Crippen LogP contribution >= 0.6 is 12.6 Å². The van der Waals surface area contributed by atoms with Crippen molar-refractivity contribution in [3.63, 3.8) is 0 Å². The van der Waals surface area contributed by atoms with E-state index in [9.17, 15) is 0 Å². The lowest BCUT2D eigenvalue weighted by Gasteiger charge is -2.52. The first-order chi connectivity index (χ1) is 11.4. The Morgan fingerprint density at radius 2 is 1.00 bits per heavy atom. The Balaban J connectivity index is 6.12. The Labute approximate surface area is 159 Å². The number of hydrogen-bond donors (Lipinski definition) is 1. The van der Waals surface area contributed by atoms with Gasteiger partial charge in [0.15, 0.2) is 0 Å². The van der Waals surface area contributed by atoms with Crippen molar-refractivity contribution in [2.24, 2.45) is 0 Å². The highest BCUT2D eigenvalue weighted by Crippen LogP contribution is 2.47. The summed E-state index contributed by atoms with van der Waals surface area (Å²) < 4.78 is 19.3. The van der Waals surface area contributed by atoms with Gasteiger partial charge in [-0.15, -0.1) is 0 Å². The minimum atomic E-state index is -2.88. The molecule has 0 aliphatic heterocycles. The van der Waals surface area contributed by atoms with Gasteiger partial charge >= 0.3 is 8.80 Å². The minimum absolute atomic E-state index is 0.224. The maximum Gasteiger partial charge on any atom is 0.514 e. The number of hydrogen-bond acceptors (Lipinski definition) is 4. The first-order valence-electron chi connectivity index (χ1n) is 10.1. The maximum atomic E-state index is 6.50. The van der Waals surface area contributed by atoms with Crippen LogP contribution in [0.25, 0.3) is 0 Å². The highest BCUT2D eigenvalue weighted by molar-refractivity contribution is 7.86. The summed E-state index contributed by atoms with van der Waals surface area (Å²) in [4.78, 5) is 0. The van der Waals surface area contributed by atoms with Crippen molar-refractivity contribution in [1.29, 1.82) is 0 Å². The zero-order chi connectivity index (χ0) is 18.7. The van der Waals surface area contributed by atoms with Gasteiger partial charge in [0.2, 0.25) is 0 Å². The van der Waals surface area contributed by atoms with Crippen molar-refractivity contribution in [3.8, 4) is 0 Å². The molecule has 0 aromatic heterocycles. The van der Waals surface area contributed by atoms with Crippen molar-refractivity contribution < 1.29 is 13.3 Å². The van der Waals surface area contributed by atoms with Crippen LogP contribution in [0.4, 0.5) is 0 Å². The van der Waals surface area contributed by atoms with Gasteiger partial charge in [0.25, 0.3) is 0 Å². The molecular weight excluding hydrogens is 352 g/mol. The lowest BCUT2D eigenvalue weighted by atomic mass is 10.5. The Morgan fingerprint density at radius 1 is 0.667 bits per heavy atom. The van der Waals surface area contributed by atoms with E-state index in [1.54, 1.807) is 0 Å². The Hall–Kier alpha value is 0.664. The topological polar surface area (TPSA) is 27.7 Å². The Bertz CT molecular complexity index is 297. The molecule has 0 unspecified atom stereocenters. The van der Waals surface area contributed by atoms with Crippen LogP contribution < -0.4 is 0 Å². The lowest BCUT2D eigenvalue weighted by molar-refractivity contribution is 0.0526. The molecule has 146 valence electrons. The number of thiol groups is 1. The van der Waals surface area contributed by atoms with Crippen LogP contribution in [-0.2, 0) is 13.3 Å². The van der Waals surface area contributed by atoms with Crippen molar-refractivity contribution >= 4 is 29.5 Å². The van der Waals surface area contributed by atoms with Crippen LogP contribution in [0.3, 0.4) is 0 Å². The van der Waals surface area contributed by atoms with Crippen LogP contribution in [0.1, 0.15) is 74.1 Å². The molecule has 0 rings (SSSR count). The van der Waals surface area contributed by atoms with Gasteiger partial charge in [0.05, 0.1) is 12.1 Å². The van der Waals surface area contributed by atoms with E-state index in [4.69, 9.17) is 25.9 Å². The molecule has 0 fully saturated rings. The molecule has 0 aromatic carbocycles. The number of rotatable bonds is 15. The molecule has 0 aromatic rings. The van der Waals surface area contributed by atoms with Gasteiger partial charge in [-0.1, -0.05) is 66.6 Å². The van der Waals surface area contributed by atoms with Gasteiger partial charge in [-0.05, 0) is 25.7 Å². The highest BCUT2D eigenvalue weighted by Gasteiger charge is 2.66. The molecule has 0 amide bonds. The zero-order valence-corrected chi connectivity index (χ0v) is 20.1. The third-order valence-corrected chi connectivity index (χ3v) is 19.8. The quantitative estimate of drug-likeness (QED) is 0.278. The standard InChI is InChI=1S/C18H42O3SSi2/c1-8-15-19-24(20-16-9-2,21-17-10-3)18(22,11-4)23(12-5,13-6)14-7/h22H,8-17H2,1-7H3/t18-/m0/s1. The highest BCUT2D eigenvalue weighted by atomic mass is 32.1. The lowest BCUT2D eigenvalue weighted by Crippen LogP contribution is -2.73. The predicted octanol–water partition coefficient (Wildman–Crippen LogP) is 5.87. The average Bonchev–Trinajstić information content (AvgIpc) is 2.62. The Morgan fingerprint density at radius 3 is 1.21 bits per heavy atom. The average molecular weight is 395 g/mol. The molecule has 1 atom stereocenters. The van der Waals surface area contributed by atoms with Crippen LogP contribution in [-0.4, -0.2) is 40.7 Å². The van der Waals surface area contributed by atoms with Crippen LogP contribution in [0.15, 0.2) is 0 Å². The molecule has 0 heterocycles. The molecular formula is C18H42O3SSi2. The molecule has 6 heteroatoms. The third-order valence-electron chi connectivity index (χ3n) is 5.41. The van der Waals surface area contributed by atoms with E-state index in [0.717, 1.165) is 25.7 Å². The third kappa shape index (κ3) is 5.10. The van der Waals surface area contributed by atoms with E-state index in [0.29, 0.717) is 19.8 Å². The molecule has 0 radical (unpaired) electrons. The van der Waals surface area contributed by atoms with E-state index in [1.807, 2.05) is 0 Å². The Kier molecular flexibility index (Phi) is 12.5. The summed E-state index contributed by atoms with van der Waals surface area (Å²) in [5, 5.41) is 0. The van der Waals surface area contributed by atoms with E-state index in [1.165, 1.54) is 18.1 Å². The van der Waals surface area contributed by atoms with Gasteiger partial charge < -0.3 is 13.3 Å². The first kappa shape index (κ1) is 24.7. The monoisotopic (exact) mass is 394 g/mol. The second-order valence-corrected chi connectivity index (χ2v) is 17.1. The van der Waals surface area contributed by atoms with Gasteiger partial charge in [-0.2, -0.15) is 12.6 Å². The summed E-state index contributed by atoms with van der Waals surface area (Å²) in [7, 11) is -4.59. The zero-order valence-electron chi connectivity index (χ0n) is 17.2. The molecule has 0 aliphatic carbocycles. The molecule has 0 spiro atoms. The van der Waals surface area contributed by atoms with Gasteiger partial charge in [-0.25, -0.2) is 0 Å². The molecule has 24 heavy (non-hydrogen) atoms. The fourth-order valence-corrected chi connectivity index (χ4v) is 17.4. The van der Waals surface area contributed by atoms with E-state index >= 15 is 0 Å². The summed E-state index contributed by atoms with van der Waals surface area (Å²) in [5.41, 5.74) is 0. The van der Waals surface area contributed by atoms with Crippen LogP contribution in [0.2, 0.25) is 18.1 Å². The maximum absolute atomic E-state index is 6.50. The summed E-state index contributed by atoms with van der Waals surface area (Å²) in [6, 6.07) is 3.60. The van der Waals surface area contributed by atoms with Crippen molar-refractivity contribution in [2.75, 3.05) is 19.8 Å². The van der Waals surface area contributed by atoms with Gasteiger partial charge in [0.1, 0.15) is 0 Å². The smallest absolute Gasteiger partial charge is 0.373 e. The van der Waals surface area contributed by atoms with Gasteiger partial charge in [-0.3, -0.25) is 0 Å². The molecule has 0 saturated carbocycles. The molecule has 0 saturated heterocycles. The summed E-state index contributed by atoms with van der Waals surface area (Å²) in [5.74, 6) is 0. The first-order valence-corrected chi connectivity index (χ1v) is 14.9. The molecule has 3 nitrogen and oxygen atoms in total. The van der Waals surface area contributed by atoms with Crippen molar-refractivity contribution in [3.05, 3.63) is 0 Å². The largest absolute Gasteiger partial charge is 0.514 e. The van der Waals surface area contributed by atoms with Crippen molar-refractivity contribution in [2.45, 2.75) is 96.3 Å². The molecule has 0 aliphatic rings. The van der Waals surface area contributed by atoms with Gasteiger partial charge in [0, 0.05) is 19.8 Å². The fourth-order valence-electron chi connectivity index (χ4n) is 3.74. The fraction of sp³-hybridized carbons (Fsp3) is 1.00. The van der Waals surface area contributed by atoms with E-state index in [2.05, 4.69) is 48.5 Å². The SMILES string of the molecule is CCCO[Si](OCCC)(OCCC)[C@](S)(CC)[Si](CC)(CC)CC. The molecule has 0 bridgehead atoms. The minimum Gasteiger partial charge on any atom is -0.373 e. The summed E-state index contributed by atoms with van der Waals surface area (Å²) >= 11 is 5.39. The van der Waals surface area contributed by atoms with Crippen LogP contribution in [0.5, 0.6) is 0 Å². The van der Waals surface area contributed by atoms with Crippen LogP contribution in [0, 0.1) is 0 Å². The van der Waals surface area contributed by atoms with Crippen molar-refractivity contribution in [1.82, 2.24) is 0 Å². The predicted molar refractivity (Wildman–Crippen MR) is 114 cm³/mol.